The van der Waals surface area contributed by atoms with Gasteiger partial charge in [0.15, 0.2) is 0 Å². The van der Waals surface area contributed by atoms with E-state index in [0.29, 0.717) is 5.75 Å². The number of benzene rings is 1. The monoisotopic (exact) mass is 349 g/mol. The maximum Gasteiger partial charge on any atom is 0.115 e. The zero-order chi connectivity index (χ0) is 14.0. The summed E-state index contributed by atoms with van der Waals surface area (Å²) >= 11 is 2.08. The van der Waals surface area contributed by atoms with Crippen LogP contribution in [0.15, 0.2) is 47.6 Å². The van der Waals surface area contributed by atoms with Gasteiger partial charge in [-0.25, -0.2) is 11.1 Å². The molecule has 0 unspecified atom stereocenters. The van der Waals surface area contributed by atoms with Gasteiger partial charge in [0.25, 0.3) is 0 Å². The van der Waals surface area contributed by atoms with Crippen molar-refractivity contribution < 1.29 is 25.1 Å². The van der Waals surface area contributed by atoms with Gasteiger partial charge in [-0.15, -0.1) is 38.2 Å². The Bertz CT molecular complexity index is 405. The van der Waals surface area contributed by atoms with Crippen LogP contribution in [-0.2, 0) is 20.0 Å². The van der Waals surface area contributed by atoms with Crippen LogP contribution in [0.25, 0.3) is 0 Å². The summed E-state index contributed by atoms with van der Waals surface area (Å²) in [5.74, 6) is 0.322. The Hall–Kier alpha value is -0.336. The number of phenolic OH excluding ortho intramolecular Hbond substituents is 1. The summed E-state index contributed by atoms with van der Waals surface area (Å²) in [5.41, 5.74) is 2.71. The van der Waals surface area contributed by atoms with E-state index in [0.717, 1.165) is 6.42 Å². The van der Waals surface area contributed by atoms with Crippen molar-refractivity contribution in [2.45, 2.75) is 34.1 Å². The Morgan fingerprint density at radius 3 is 1.70 bits per heavy atom. The SMILES string of the molecule is CC1=[C-]CC=C1C.C[C](C)=[Ti+].Cl.Cl.Oc1ccccc1. The van der Waals surface area contributed by atoms with Crippen LogP contribution in [0.4, 0.5) is 0 Å². The summed E-state index contributed by atoms with van der Waals surface area (Å²) in [5, 5.41) is 8.63. The summed E-state index contributed by atoms with van der Waals surface area (Å²) < 4.78 is 1.42. The topological polar surface area (TPSA) is 20.2 Å². The molecule has 111 valence electrons. The van der Waals surface area contributed by atoms with Crippen molar-refractivity contribution in [3.05, 3.63) is 53.6 Å². The van der Waals surface area contributed by atoms with Crippen LogP contribution < -0.4 is 0 Å². The normalized spacial score (nSPS) is 11.1. The molecule has 0 bridgehead atoms. The van der Waals surface area contributed by atoms with Gasteiger partial charge < -0.3 is 5.11 Å². The van der Waals surface area contributed by atoms with E-state index in [9.17, 15) is 0 Å². The van der Waals surface area contributed by atoms with Gasteiger partial charge in [-0.05, 0) is 12.1 Å². The minimum Gasteiger partial charge on any atom is -0.508 e. The van der Waals surface area contributed by atoms with E-state index >= 15 is 0 Å². The number of phenols is 1. The summed E-state index contributed by atoms with van der Waals surface area (Å²) in [4.78, 5) is 0. The van der Waals surface area contributed by atoms with Gasteiger partial charge in [0.05, 0.1) is 0 Å². The van der Waals surface area contributed by atoms with Gasteiger partial charge in [-0.1, -0.05) is 25.1 Å². The summed E-state index contributed by atoms with van der Waals surface area (Å²) in [6.07, 6.45) is 6.41. The van der Waals surface area contributed by atoms with Crippen molar-refractivity contribution in [1.29, 1.82) is 0 Å². The van der Waals surface area contributed by atoms with Crippen LogP contribution in [0.1, 0.15) is 34.1 Å². The molecule has 1 aliphatic rings. The number of hydrogen-bond donors (Lipinski definition) is 1. The molecule has 20 heavy (non-hydrogen) atoms. The standard InChI is InChI=1S/C7H9.C6H6O.C3H6.2ClH.Ti/c1-6-4-3-5-7(6)2;7-6-4-2-1-3-5-6;1-3-2;;;/h4H,3H2,1-2H3;1-5,7H;1-2H3;2*1H;/q-1;;;;;+1. The molecule has 0 aliphatic heterocycles. The first-order valence-electron chi connectivity index (χ1n) is 5.93. The molecule has 0 amide bonds. The molecular weight excluding hydrogens is 327 g/mol. The van der Waals surface area contributed by atoms with Crippen LogP contribution in [0.2, 0.25) is 0 Å². The first-order chi connectivity index (χ1) is 8.43. The van der Waals surface area contributed by atoms with Crippen molar-refractivity contribution in [3.63, 3.8) is 0 Å². The molecule has 0 radical (unpaired) electrons. The van der Waals surface area contributed by atoms with Gasteiger partial charge >= 0.3 is 37.6 Å². The first kappa shape index (κ1) is 24.7. The molecule has 0 saturated carbocycles. The van der Waals surface area contributed by atoms with Crippen molar-refractivity contribution in [3.8, 4) is 5.75 Å². The summed E-state index contributed by atoms with van der Waals surface area (Å²) in [6, 6.07) is 8.71. The first-order valence-corrected chi connectivity index (χ1v) is 6.72. The second-order valence-corrected chi connectivity index (χ2v) is 5.79. The van der Waals surface area contributed by atoms with Crippen LogP contribution >= 0.6 is 24.8 Å². The average molecular weight is 350 g/mol. The predicted molar refractivity (Wildman–Crippen MR) is 89.8 cm³/mol. The molecular formula is C16H23Cl2OTi. The third-order valence-corrected chi connectivity index (χ3v) is 2.12. The van der Waals surface area contributed by atoms with Crippen molar-refractivity contribution in [1.82, 2.24) is 0 Å². The molecule has 0 spiro atoms. The summed E-state index contributed by atoms with van der Waals surface area (Å²) in [6.45, 7) is 8.38. The van der Waals surface area contributed by atoms with E-state index in [1.54, 1.807) is 24.3 Å². The van der Waals surface area contributed by atoms with E-state index in [1.807, 2.05) is 6.07 Å². The molecule has 4 heteroatoms. The van der Waals surface area contributed by atoms with Crippen molar-refractivity contribution in [2.24, 2.45) is 0 Å². The van der Waals surface area contributed by atoms with Gasteiger partial charge in [-0.2, -0.15) is 6.08 Å². The fourth-order valence-electron chi connectivity index (χ4n) is 1.08. The largest absolute Gasteiger partial charge is 0.508 e. The average Bonchev–Trinajstić information content (AvgIpc) is 2.64. The van der Waals surface area contributed by atoms with Crippen molar-refractivity contribution in [2.75, 3.05) is 0 Å². The number of hydrogen-bond acceptors (Lipinski definition) is 1. The Morgan fingerprint density at radius 1 is 1.10 bits per heavy atom. The second-order valence-electron chi connectivity index (χ2n) is 4.23. The molecule has 1 aromatic rings. The molecule has 0 atom stereocenters. The van der Waals surface area contributed by atoms with Gasteiger partial charge in [-0.3, -0.25) is 6.08 Å². The van der Waals surface area contributed by atoms with Gasteiger partial charge in [0.1, 0.15) is 5.75 Å². The minimum absolute atomic E-state index is 0. The Kier molecular flexibility index (Phi) is 18.6. The van der Waals surface area contributed by atoms with E-state index in [2.05, 4.69) is 59.8 Å². The molecule has 1 N–H and O–H groups in total. The minimum atomic E-state index is 0. The zero-order valence-corrected chi connectivity index (χ0v) is 15.6. The van der Waals surface area contributed by atoms with Crippen LogP contribution in [0.3, 0.4) is 0 Å². The maximum absolute atomic E-state index is 8.63. The fraction of sp³-hybridized carbons (Fsp3) is 0.312. The van der Waals surface area contributed by atoms with E-state index < -0.39 is 0 Å². The molecule has 0 saturated heterocycles. The Labute approximate surface area is 146 Å². The number of rotatable bonds is 0. The van der Waals surface area contributed by atoms with E-state index in [-0.39, 0.29) is 24.8 Å². The zero-order valence-electron chi connectivity index (χ0n) is 12.4. The van der Waals surface area contributed by atoms with Gasteiger partial charge in [0, 0.05) is 0 Å². The fourth-order valence-corrected chi connectivity index (χ4v) is 1.08. The molecule has 0 heterocycles. The quantitative estimate of drug-likeness (QED) is 0.512. The van der Waals surface area contributed by atoms with Crippen LogP contribution in [0.5, 0.6) is 5.75 Å². The third kappa shape index (κ3) is 15.7. The summed E-state index contributed by atoms with van der Waals surface area (Å²) in [7, 11) is 0. The van der Waals surface area contributed by atoms with Crippen LogP contribution in [0, 0.1) is 6.08 Å². The molecule has 2 rings (SSSR count). The molecule has 1 aromatic carbocycles. The Morgan fingerprint density at radius 2 is 1.55 bits per heavy atom. The number of para-hydroxylation sites is 1. The molecule has 0 fully saturated rings. The van der Waals surface area contributed by atoms with Crippen LogP contribution in [-0.4, -0.2) is 8.92 Å². The Balaban J connectivity index is -0.000000215. The number of aromatic hydroxyl groups is 1. The molecule has 1 aliphatic carbocycles. The smallest absolute Gasteiger partial charge is 0.115 e. The van der Waals surface area contributed by atoms with E-state index in [4.69, 9.17) is 5.11 Å². The van der Waals surface area contributed by atoms with Gasteiger partial charge in [0.2, 0.25) is 0 Å². The number of halogens is 2. The molecule has 0 aromatic heterocycles. The maximum atomic E-state index is 8.63. The predicted octanol–water partition coefficient (Wildman–Crippen LogP) is 5.07. The molecule has 1 nitrogen and oxygen atoms in total. The second kappa shape index (κ2) is 15.1. The van der Waals surface area contributed by atoms with E-state index in [1.165, 1.54) is 15.0 Å². The number of allylic oxidation sites excluding steroid dienone is 4. The van der Waals surface area contributed by atoms with Crippen molar-refractivity contribution >= 4 is 28.6 Å². The third-order valence-electron chi connectivity index (χ3n) is 2.12.